The van der Waals surface area contributed by atoms with Crippen LogP contribution in [-0.2, 0) is 5.41 Å². The number of benzene rings is 2. The molecule has 6 heteroatoms. The van der Waals surface area contributed by atoms with Gasteiger partial charge in [-0.15, -0.1) is 0 Å². The Balaban J connectivity index is 1.42. The number of rotatable bonds is 6. The van der Waals surface area contributed by atoms with Crippen molar-refractivity contribution in [3.05, 3.63) is 78.0 Å². The summed E-state index contributed by atoms with van der Waals surface area (Å²) >= 11 is 5.58. The summed E-state index contributed by atoms with van der Waals surface area (Å²) in [6.45, 7) is 2.70. The molecule has 0 radical (unpaired) electrons. The largest absolute Gasteiger partial charge is 0.439 e. The van der Waals surface area contributed by atoms with Crippen LogP contribution >= 0.6 is 12.2 Å². The standard InChI is InChI=1S/C25H28N4OS/c1-19-17-22(30-21-13-7-3-8-14-21)28-23(27-19)29-24(31)26-18-25(15-9-4-10-16-25)20-11-5-2-6-12-20/h2-3,5-8,11-14,17H,4,9-10,15-16,18H2,1H3,(H2,26,27,28,29,31). The van der Waals surface area contributed by atoms with Crippen molar-refractivity contribution >= 4 is 23.3 Å². The van der Waals surface area contributed by atoms with E-state index in [2.05, 4.69) is 50.9 Å². The molecular formula is C25H28N4OS. The predicted molar refractivity (Wildman–Crippen MR) is 129 cm³/mol. The molecule has 2 N–H and O–H groups in total. The molecule has 0 saturated heterocycles. The topological polar surface area (TPSA) is 59.1 Å². The molecule has 1 aliphatic carbocycles. The normalized spacial score (nSPS) is 15.1. The Bertz CT molecular complexity index is 1000. The predicted octanol–water partition coefficient (Wildman–Crippen LogP) is 5.77. The number of aromatic nitrogens is 2. The molecule has 160 valence electrons. The van der Waals surface area contributed by atoms with Crippen LogP contribution in [0.15, 0.2) is 66.7 Å². The molecule has 0 atom stereocenters. The minimum atomic E-state index is 0.111. The van der Waals surface area contributed by atoms with Gasteiger partial charge >= 0.3 is 0 Å². The van der Waals surface area contributed by atoms with E-state index in [1.54, 1.807) is 6.07 Å². The minimum Gasteiger partial charge on any atom is -0.439 e. The average molecular weight is 433 g/mol. The molecule has 1 heterocycles. The summed E-state index contributed by atoms with van der Waals surface area (Å²) in [5, 5.41) is 7.09. The maximum Gasteiger partial charge on any atom is 0.232 e. The van der Waals surface area contributed by atoms with Crippen LogP contribution in [0.2, 0.25) is 0 Å². The van der Waals surface area contributed by atoms with E-state index in [0.717, 1.165) is 18.0 Å². The van der Waals surface area contributed by atoms with Crippen LogP contribution < -0.4 is 15.4 Å². The van der Waals surface area contributed by atoms with E-state index < -0.39 is 0 Å². The van der Waals surface area contributed by atoms with Crippen molar-refractivity contribution in [1.29, 1.82) is 0 Å². The lowest BCUT2D eigenvalue weighted by Crippen LogP contribution is -2.43. The summed E-state index contributed by atoms with van der Waals surface area (Å²) in [5.41, 5.74) is 2.30. The van der Waals surface area contributed by atoms with Crippen LogP contribution in [0.3, 0.4) is 0 Å². The van der Waals surface area contributed by atoms with Crippen molar-refractivity contribution in [2.24, 2.45) is 0 Å². The lowest BCUT2D eigenvalue weighted by Gasteiger charge is -2.38. The van der Waals surface area contributed by atoms with Crippen molar-refractivity contribution in [2.75, 3.05) is 11.9 Å². The summed E-state index contributed by atoms with van der Waals surface area (Å²) in [6.07, 6.45) is 6.14. The van der Waals surface area contributed by atoms with Crippen LogP contribution in [0, 0.1) is 6.92 Å². The highest BCUT2D eigenvalue weighted by Gasteiger charge is 2.33. The molecule has 0 unspecified atom stereocenters. The highest BCUT2D eigenvalue weighted by molar-refractivity contribution is 7.80. The summed E-state index contributed by atoms with van der Waals surface area (Å²) in [7, 11) is 0. The zero-order valence-corrected chi connectivity index (χ0v) is 18.6. The molecule has 0 bridgehead atoms. The van der Waals surface area contributed by atoms with Gasteiger partial charge in [0.2, 0.25) is 11.8 Å². The van der Waals surface area contributed by atoms with E-state index in [-0.39, 0.29) is 5.41 Å². The average Bonchev–Trinajstić information content (AvgIpc) is 2.79. The SMILES string of the molecule is Cc1cc(Oc2ccccc2)nc(NC(=S)NCC2(c3ccccc3)CCCCC2)n1. The Morgan fingerprint density at radius 1 is 0.968 bits per heavy atom. The molecule has 1 saturated carbocycles. The third-order valence-electron chi connectivity index (χ3n) is 5.81. The Kier molecular flexibility index (Phi) is 6.77. The second kappa shape index (κ2) is 9.88. The smallest absolute Gasteiger partial charge is 0.232 e. The van der Waals surface area contributed by atoms with Gasteiger partial charge in [0, 0.05) is 23.7 Å². The van der Waals surface area contributed by atoms with Gasteiger partial charge in [0.05, 0.1) is 0 Å². The fraction of sp³-hybridized carbons (Fsp3) is 0.320. The van der Waals surface area contributed by atoms with Gasteiger partial charge in [-0.05, 0) is 49.7 Å². The molecule has 0 aliphatic heterocycles. The highest BCUT2D eigenvalue weighted by atomic mass is 32.1. The summed E-state index contributed by atoms with van der Waals surface area (Å²) < 4.78 is 5.86. The second-order valence-corrected chi connectivity index (χ2v) is 8.51. The maximum atomic E-state index is 5.86. The fourth-order valence-electron chi connectivity index (χ4n) is 4.24. The van der Waals surface area contributed by atoms with Gasteiger partial charge in [0.1, 0.15) is 5.75 Å². The van der Waals surface area contributed by atoms with Crippen molar-refractivity contribution < 1.29 is 4.74 Å². The van der Waals surface area contributed by atoms with Gasteiger partial charge in [-0.2, -0.15) is 4.98 Å². The number of para-hydroxylation sites is 1. The molecule has 0 amide bonds. The van der Waals surface area contributed by atoms with Gasteiger partial charge in [0.15, 0.2) is 5.11 Å². The van der Waals surface area contributed by atoms with Crippen molar-refractivity contribution in [3.63, 3.8) is 0 Å². The molecule has 1 fully saturated rings. The molecule has 4 rings (SSSR count). The first-order valence-electron chi connectivity index (χ1n) is 10.8. The summed E-state index contributed by atoms with van der Waals surface area (Å²) in [6, 6.07) is 22.2. The van der Waals surface area contributed by atoms with Crippen molar-refractivity contribution in [1.82, 2.24) is 15.3 Å². The minimum absolute atomic E-state index is 0.111. The molecule has 31 heavy (non-hydrogen) atoms. The van der Waals surface area contributed by atoms with E-state index in [9.17, 15) is 0 Å². The Labute approximate surface area is 189 Å². The van der Waals surface area contributed by atoms with Crippen LogP contribution in [0.4, 0.5) is 5.95 Å². The van der Waals surface area contributed by atoms with Gasteiger partial charge in [-0.1, -0.05) is 67.8 Å². The molecular weight excluding hydrogens is 404 g/mol. The number of hydrogen-bond donors (Lipinski definition) is 2. The quantitative estimate of drug-likeness (QED) is 0.483. The Morgan fingerprint density at radius 3 is 2.35 bits per heavy atom. The molecule has 5 nitrogen and oxygen atoms in total. The van der Waals surface area contributed by atoms with Crippen molar-refractivity contribution in [3.8, 4) is 11.6 Å². The lowest BCUT2D eigenvalue weighted by molar-refractivity contribution is 0.292. The van der Waals surface area contributed by atoms with Gasteiger partial charge in [-0.25, -0.2) is 4.98 Å². The number of nitrogens with one attached hydrogen (secondary N) is 2. The van der Waals surface area contributed by atoms with Crippen LogP contribution in [0.25, 0.3) is 0 Å². The highest BCUT2D eigenvalue weighted by Crippen LogP contribution is 2.38. The third-order valence-corrected chi connectivity index (χ3v) is 6.05. The number of nitrogens with zero attached hydrogens (tertiary/aromatic N) is 2. The van der Waals surface area contributed by atoms with E-state index in [1.807, 2.05) is 37.3 Å². The van der Waals surface area contributed by atoms with E-state index in [4.69, 9.17) is 17.0 Å². The van der Waals surface area contributed by atoms with E-state index >= 15 is 0 Å². The van der Waals surface area contributed by atoms with Crippen LogP contribution in [0.1, 0.15) is 43.4 Å². The zero-order chi connectivity index (χ0) is 21.5. The molecule has 1 aromatic heterocycles. The van der Waals surface area contributed by atoms with Crippen LogP contribution in [-0.4, -0.2) is 21.6 Å². The first kappa shape index (κ1) is 21.2. The number of anilines is 1. The summed E-state index contributed by atoms with van der Waals surface area (Å²) in [5.74, 6) is 1.65. The van der Waals surface area contributed by atoms with Crippen LogP contribution in [0.5, 0.6) is 11.6 Å². The number of ether oxygens (including phenoxy) is 1. The maximum absolute atomic E-state index is 5.86. The Hall–Kier alpha value is -2.99. The number of aryl methyl sites for hydroxylation is 1. The molecule has 0 spiro atoms. The molecule has 3 aromatic rings. The van der Waals surface area contributed by atoms with Gasteiger partial charge < -0.3 is 15.4 Å². The Morgan fingerprint density at radius 2 is 1.65 bits per heavy atom. The lowest BCUT2D eigenvalue weighted by atomic mass is 9.69. The van der Waals surface area contributed by atoms with Gasteiger partial charge in [-0.3, -0.25) is 0 Å². The summed E-state index contributed by atoms with van der Waals surface area (Å²) in [4.78, 5) is 8.92. The van der Waals surface area contributed by atoms with E-state index in [0.29, 0.717) is 16.9 Å². The third kappa shape index (κ3) is 5.58. The fourth-order valence-corrected chi connectivity index (χ4v) is 4.40. The van der Waals surface area contributed by atoms with Crippen molar-refractivity contribution in [2.45, 2.75) is 44.4 Å². The zero-order valence-electron chi connectivity index (χ0n) is 17.8. The van der Waals surface area contributed by atoms with E-state index in [1.165, 1.54) is 37.7 Å². The second-order valence-electron chi connectivity index (χ2n) is 8.10. The molecule has 2 aromatic carbocycles. The first-order valence-corrected chi connectivity index (χ1v) is 11.2. The first-order chi connectivity index (χ1) is 15.1. The number of thiocarbonyl (C=S) groups is 1. The number of hydrogen-bond acceptors (Lipinski definition) is 4. The van der Waals surface area contributed by atoms with Gasteiger partial charge in [0.25, 0.3) is 0 Å². The monoisotopic (exact) mass is 432 g/mol. The molecule has 1 aliphatic rings.